The second-order valence-corrected chi connectivity index (χ2v) is 14.9. The Morgan fingerprint density at radius 1 is 0.769 bits per heavy atom. The lowest BCUT2D eigenvalue weighted by Gasteiger charge is -2.38. The van der Waals surface area contributed by atoms with Crippen molar-refractivity contribution in [3.63, 3.8) is 0 Å². The highest BCUT2D eigenvalue weighted by molar-refractivity contribution is 8.00. The molecule has 12 heteroatoms. The molecule has 5 aromatic rings. The molecule has 0 saturated carbocycles. The van der Waals surface area contributed by atoms with Gasteiger partial charge in [-0.2, -0.15) is 16.9 Å². The summed E-state index contributed by atoms with van der Waals surface area (Å²) in [7, 11) is 0. The number of nitrogens with one attached hydrogen (secondary N) is 4. The van der Waals surface area contributed by atoms with Crippen LogP contribution in [0.2, 0.25) is 0 Å². The highest BCUT2D eigenvalue weighted by atomic mass is 32.2. The molecular weight excluding hydrogens is 673 g/mol. The van der Waals surface area contributed by atoms with E-state index in [4.69, 9.17) is 15.0 Å². The molecule has 3 aliphatic heterocycles. The molecule has 0 bridgehead atoms. The number of thioether (sulfide) groups is 1. The van der Waals surface area contributed by atoms with Crippen molar-refractivity contribution in [2.45, 2.75) is 62.0 Å². The molecule has 0 aliphatic carbocycles. The van der Waals surface area contributed by atoms with Gasteiger partial charge in [0.2, 0.25) is 0 Å². The smallest absolute Gasteiger partial charge is 0.315 e. The van der Waals surface area contributed by atoms with E-state index < -0.39 is 5.66 Å². The Kier molecular flexibility index (Phi) is 9.46. The lowest BCUT2D eigenvalue weighted by Crippen LogP contribution is -2.46. The number of urea groups is 1. The summed E-state index contributed by atoms with van der Waals surface area (Å²) in [4.78, 5) is 24.2. The fourth-order valence-corrected chi connectivity index (χ4v) is 8.84. The summed E-state index contributed by atoms with van der Waals surface area (Å²) in [5.41, 5.74) is 4.51. The molecule has 2 fully saturated rings. The molecular formula is C40H40N8O3S. The quantitative estimate of drug-likeness (QED) is 0.0439. The molecule has 5 aromatic carbocycles. The second kappa shape index (κ2) is 14.6. The topological polar surface area (TPSA) is 141 Å². The number of carbonyl (C=O) groups excluding carboxylic acids is 2. The second-order valence-electron chi connectivity index (χ2n) is 13.7. The Labute approximate surface area is 306 Å². The van der Waals surface area contributed by atoms with Crippen molar-refractivity contribution in [1.29, 1.82) is 0 Å². The van der Waals surface area contributed by atoms with E-state index in [2.05, 4.69) is 50.6 Å². The summed E-state index contributed by atoms with van der Waals surface area (Å²) in [6.45, 7) is 2.38. The highest BCUT2D eigenvalue weighted by Gasteiger charge is 2.42. The van der Waals surface area contributed by atoms with Gasteiger partial charge in [0.25, 0.3) is 0 Å². The first-order valence-electron chi connectivity index (χ1n) is 17.8. The number of benzene rings is 5. The molecule has 264 valence electrons. The number of azo groups is 2. The predicted octanol–water partition coefficient (Wildman–Crippen LogP) is 10.0. The number of ether oxygens (including phenoxy) is 1. The molecule has 0 aromatic heterocycles. The maximum Gasteiger partial charge on any atom is 0.315 e. The van der Waals surface area contributed by atoms with E-state index in [0.717, 1.165) is 80.7 Å². The van der Waals surface area contributed by atoms with E-state index >= 15 is 0 Å². The summed E-state index contributed by atoms with van der Waals surface area (Å²) in [6, 6.07) is 32.0. The summed E-state index contributed by atoms with van der Waals surface area (Å²) in [5, 5.41) is 36.0. The fourth-order valence-electron chi connectivity index (χ4n) is 7.29. The molecule has 0 spiro atoms. The van der Waals surface area contributed by atoms with Gasteiger partial charge in [-0.25, -0.2) is 4.79 Å². The third kappa shape index (κ3) is 7.16. The summed E-state index contributed by atoms with van der Waals surface area (Å²) < 4.78 is 5.66. The molecule has 4 N–H and O–H groups in total. The van der Waals surface area contributed by atoms with Crippen molar-refractivity contribution < 1.29 is 14.3 Å². The Morgan fingerprint density at radius 2 is 1.42 bits per heavy atom. The maximum absolute atomic E-state index is 12.6. The van der Waals surface area contributed by atoms with Crippen LogP contribution in [0.25, 0.3) is 21.5 Å². The number of hydrogen-bond donors (Lipinski definition) is 4. The molecule has 3 heterocycles. The van der Waals surface area contributed by atoms with Crippen molar-refractivity contribution in [2.75, 3.05) is 23.0 Å². The van der Waals surface area contributed by atoms with Gasteiger partial charge in [-0.05, 0) is 62.2 Å². The number of esters is 1. The van der Waals surface area contributed by atoms with Gasteiger partial charge in [0.1, 0.15) is 5.66 Å². The number of nitrogens with zero attached hydrogens (tertiary/aromatic N) is 4. The average molecular weight is 713 g/mol. The largest absolute Gasteiger partial charge is 0.466 e. The third-order valence-electron chi connectivity index (χ3n) is 9.93. The van der Waals surface area contributed by atoms with Gasteiger partial charge in [-0.3, -0.25) is 4.79 Å². The lowest BCUT2D eigenvalue weighted by atomic mass is 9.97. The van der Waals surface area contributed by atoms with Crippen LogP contribution >= 0.6 is 11.8 Å². The van der Waals surface area contributed by atoms with Crippen molar-refractivity contribution in [2.24, 2.45) is 20.5 Å². The Bertz CT molecular complexity index is 2180. The van der Waals surface area contributed by atoms with Crippen LogP contribution in [0.4, 0.5) is 38.9 Å². The van der Waals surface area contributed by atoms with Crippen LogP contribution in [0.15, 0.2) is 118 Å². The average Bonchev–Trinajstić information content (AvgIpc) is 3.71. The van der Waals surface area contributed by atoms with Gasteiger partial charge in [0.05, 0.1) is 41.4 Å². The summed E-state index contributed by atoms with van der Waals surface area (Å²) in [6.07, 6.45) is 3.67. The van der Waals surface area contributed by atoms with Crippen LogP contribution in [0.1, 0.15) is 39.0 Å². The standard InChI is InChI=1S/C40H40N8O3S/c1-40(22-23-51-36(49)17-8-7-16-35-38-34(24-52-35)41-39(50)42-38)43-32-15-9-14-28-31(20-21-33(44-40)37(28)32)48-47-30-19-18-29(26-12-5-6-13-27(26)30)46-45-25-10-3-2-4-11-25/h2-6,9-15,18-21,34-35,38,43-44H,7-8,16-17,22-24H2,1H3,(H2,41,42,50)/b46-45+,48-47?/t34-,35-,38-,40?/m1/s1. The molecule has 1 unspecified atom stereocenters. The minimum Gasteiger partial charge on any atom is -0.466 e. The van der Waals surface area contributed by atoms with Crippen LogP contribution in [-0.2, 0) is 9.53 Å². The normalized spacial score (nSPS) is 21.9. The molecule has 52 heavy (non-hydrogen) atoms. The maximum atomic E-state index is 12.6. The predicted molar refractivity (Wildman–Crippen MR) is 208 cm³/mol. The van der Waals surface area contributed by atoms with Gasteiger partial charge in [-0.1, -0.05) is 61.0 Å². The van der Waals surface area contributed by atoms with Gasteiger partial charge in [0.15, 0.2) is 0 Å². The van der Waals surface area contributed by atoms with Gasteiger partial charge in [0, 0.05) is 56.8 Å². The first-order valence-corrected chi connectivity index (χ1v) is 18.8. The van der Waals surface area contributed by atoms with Crippen LogP contribution in [-0.4, -0.2) is 47.4 Å². The Morgan fingerprint density at radius 3 is 2.19 bits per heavy atom. The van der Waals surface area contributed by atoms with Crippen molar-refractivity contribution in [3.8, 4) is 0 Å². The van der Waals surface area contributed by atoms with E-state index in [1.54, 1.807) is 0 Å². The number of carbonyl (C=O) groups is 2. The fraction of sp³-hybridized carbons (Fsp3) is 0.300. The number of amides is 2. The van der Waals surface area contributed by atoms with Gasteiger partial charge in [-0.15, -0.1) is 15.3 Å². The van der Waals surface area contributed by atoms with E-state index in [1.807, 2.05) is 96.7 Å². The molecule has 3 aliphatic rings. The number of rotatable bonds is 12. The number of hydrogen-bond acceptors (Lipinski definition) is 10. The van der Waals surface area contributed by atoms with Gasteiger partial charge < -0.3 is 26.0 Å². The first-order chi connectivity index (χ1) is 25.4. The van der Waals surface area contributed by atoms with Crippen molar-refractivity contribution in [3.05, 3.63) is 97.1 Å². The monoisotopic (exact) mass is 712 g/mol. The minimum atomic E-state index is -0.515. The van der Waals surface area contributed by atoms with E-state index in [9.17, 15) is 9.59 Å². The lowest BCUT2D eigenvalue weighted by molar-refractivity contribution is -0.144. The zero-order valence-electron chi connectivity index (χ0n) is 28.8. The van der Waals surface area contributed by atoms with E-state index in [1.165, 1.54) is 0 Å². The molecule has 8 rings (SSSR count). The van der Waals surface area contributed by atoms with E-state index in [-0.39, 0.29) is 24.1 Å². The zero-order chi connectivity index (χ0) is 35.5. The Hall–Kier alpha value is -5.49. The zero-order valence-corrected chi connectivity index (χ0v) is 29.7. The minimum absolute atomic E-state index is 0.0670. The van der Waals surface area contributed by atoms with Crippen LogP contribution < -0.4 is 21.3 Å². The van der Waals surface area contributed by atoms with E-state index in [0.29, 0.717) is 24.7 Å². The third-order valence-corrected chi connectivity index (χ3v) is 11.4. The highest BCUT2D eigenvalue weighted by Crippen LogP contribution is 2.43. The molecule has 2 saturated heterocycles. The molecule has 11 nitrogen and oxygen atoms in total. The van der Waals surface area contributed by atoms with Crippen LogP contribution in [0.5, 0.6) is 0 Å². The van der Waals surface area contributed by atoms with Crippen LogP contribution in [0.3, 0.4) is 0 Å². The van der Waals surface area contributed by atoms with Crippen molar-refractivity contribution >= 4 is 79.4 Å². The van der Waals surface area contributed by atoms with Gasteiger partial charge >= 0.3 is 12.0 Å². The summed E-state index contributed by atoms with van der Waals surface area (Å²) >= 11 is 1.90. The first kappa shape index (κ1) is 33.6. The number of unbranched alkanes of at least 4 members (excludes halogenated alkanes) is 1. The molecule has 0 radical (unpaired) electrons. The summed E-state index contributed by atoms with van der Waals surface area (Å²) in [5.74, 6) is 0.768. The molecule has 4 atom stereocenters. The Balaban J connectivity index is 0.889. The molecule has 2 amide bonds. The van der Waals surface area contributed by atoms with Crippen LogP contribution in [0, 0.1) is 0 Å². The van der Waals surface area contributed by atoms with Crippen molar-refractivity contribution in [1.82, 2.24) is 10.6 Å². The SMILES string of the molecule is CC1(CCOC(=O)CCCC[C@H]2SC[C@H]3NC(=O)N[C@H]32)Nc2cccc3c(N=Nc4ccc(/N=N/c5ccccc5)c5ccccc45)ccc(c23)N1. The number of anilines is 2. The number of fused-ring (bicyclic) bond motifs is 2.